The van der Waals surface area contributed by atoms with E-state index in [1.165, 1.54) is 20.3 Å². The number of amides is 1. The van der Waals surface area contributed by atoms with E-state index >= 15 is 0 Å². The average Bonchev–Trinajstić information content (AvgIpc) is 2.61. The quantitative estimate of drug-likeness (QED) is 0.724. The van der Waals surface area contributed by atoms with Gasteiger partial charge in [-0.3, -0.25) is 9.10 Å². The van der Waals surface area contributed by atoms with Crippen LogP contribution in [0.25, 0.3) is 0 Å². The van der Waals surface area contributed by atoms with Crippen molar-refractivity contribution in [2.45, 2.75) is 0 Å². The molecular formula is C17H18Cl2N2O5S. The molecule has 2 rings (SSSR count). The summed E-state index contributed by atoms with van der Waals surface area (Å²) in [6.45, 7) is -0.510. The molecule has 0 saturated heterocycles. The Morgan fingerprint density at radius 2 is 1.74 bits per heavy atom. The predicted octanol–water partition coefficient (Wildman–Crippen LogP) is 3.42. The van der Waals surface area contributed by atoms with Gasteiger partial charge in [0.1, 0.15) is 18.0 Å². The van der Waals surface area contributed by atoms with Crippen molar-refractivity contribution in [2.75, 3.05) is 36.6 Å². The highest BCUT2D eigenvalue weighted by Gasteiger charge is 2.25. The first-order chi connectivity index (χ1) is 12.7. The van der Waals surface area contributed by atoms with Crippen molar-refractivity contribution in [3.05, 3.63) is 46.4 Å². The lowest BCUT2D eigenvalue weighted by atomic mass is 10.2. The van der Waals surface area contributed by atoms with Gasteiger partial charge in [0.15, 0.2) is 0 Å². The number of hydrogen-bond donors (Lipinski definition) is 1. The van der Waals surface area contributed by atoms with Gasteiger partial charge in [-0.15, -0.1) is 0 Å². The van der Waals surface area contributed by atoms with Crippen LogP contribution in [0.2, 0.25) is 10.0 Å². The third kappa shape index (κ3) is 5.18. The first-order valence-electron chi connectivity index (χ1n) is 7.61. The molecule has 0 unspecified atom stereocenters. The first kappa shape index (κ1) is 21.1. The van der Waals surface area contributed by atoms with Crippen molar-refractivity contribution in [1.29, 1.82) is 0 Å². The van der Waals surface area contributed by atoms with E-state index in [1.54, 1.807) is 30.3 Å². The lowest BCUT2D eigenvalue weighted by Crippen LogP contribution is -2.37. The molecule has 0 aromatic heterocycles. The van der Waals surface area contributed by atoms with Gasteiger partial charge in [0.05, 0.1) is 41.9 Å². The Morgan fingerprint density at radius 1 is 1.11 bits per heavy atom. The number of methoxy groups -OCH3 is 2. The van der Waals surface area contributed by atoms with Crippen molar-refractivity contribution in [3.8, 4) is 11.5 Å². The van der Waals surface area contributed by atoms with Crippen LogP contribution in [0.1, 0.15) is 0 Å². The Bertz CT molecular complexity index is 930. The summed E-state index contributed by atoms with van der Waals surface area (Å²) in [5.74, 6) is 0.0547. The molecule has 27 heavy (non-hydrogen) atoms. The molecule has 146 valence electrons. The van der Waals surface area contributed by atoms with E-state index in [9.17, 15) is 13.2 Å². The van der Waals surface area contributed by atoms with Crippen molar-refractivity contribution < 1.29 is 22.7 Å². The highest BCUT2D eigenvalue weighted by molar-refractivity contribution is 7.92. The lowest BCUT2D eigenvalue weighted by molar-refractivity contribution is -0.114. The number of halogens is 2. The van der Waals surface area contributed by atoms with Crippen LogP contribution < -0.4 is 19.1 Å². The largest absolute Gasteiger partial charge is 0.497 e. The van der Waals surface area contributed by atoms with Crippen molar-refractivity contribution in [1.82, 2.24) is 0 Å². The molecule has 1 amide bonds. The Labute approximate surface area is 167 Å². The van der Waals surface area contributed by atoms with Gasteiger partial charge in [0.2, 0.25) is 15.9 Å². The van der Waals surface area contributed by atoms with E-state index < -0.39 is 22.5 Å². The topological polar surface area (TPSA) is 84.9 Å². The van der Waals surface area contributed by atoms with Gasteiger partial charge >= 0.3 is 0 Å². The molecule has 0 heterocycles. The highest BCUT2D eigenvalue weighted by Crippen LogP contribution is 2.34. The molecule has 10 heteroatoms. The van der Waals surface area contributed by atoms with Crippen LogP contribution in [0.15, 0.2) is 36.4 Å². The molecule has 0 saturated carbocycles. The number of hydrogen-bond acceptors (Lipinski definition) is 5. The summed E-state index contributed by atoms with van der Waals surface area (Å²) in [6, 6.07) is 9.38. The fraction of sp³-hybridized carbons (Fsp3) is 0.235. The normalized spacial score (nSPS) is 11.0. The molecular weight excluding hydrogens is 415 g/mol. The Kier molecular flexibility index (Phi) is 6.80. The van der Waals surface area contributed by atoms with Gasteiger partial charge in [-0.2, -0.15) is 0 Å². The van der Waals surface area contributed by atoms with Crippen LogP contribution in [0.3, 0.4) is 0 Å². The summed E-state index contributed by atoms with van der Waals surface area (Å²) >= 11 is 12.1. The highest BCUT2D eigenvalue weighted by atomic mass is 35.5. The van der Waals surface area contributed by atoms with E-state index in [2.05, 4.69) is 5.32 Å². The molecule has 0 aliphatic carbocycles. The minimum atomic E-state index is -3.81. The maximum atomic E-state index is 12.5. The Morgan fingerprint density at radius 3 is 2.26 bits per heavy atom. The second-order valence-corrected chi connectivity index (χ2v) is 8.17. The van der Waals surface area contributed by atoms with Gasteiger partial charge in [-0.25, -0.2) is 8.42 Å². The Balaban J connectivity index is 2.38. The molecule has 0 aliphatic heterocycles. The SMILES string of the molecule is COc1ccc(OC)c(N(CC(=O)Nc2c(Cl)cccc2Cl)S(C)(=O)=O)c1. The number of ether oxygens (including phenoxy) is 2. The van der Waals surface area contributed by atoms with Crippen LogP contribution in [0, 0.1) is 0 Å². The van der Waals surface area contributed by atoms with E-state index in [0.717, 1.165) is 10.6 Å². The lowest BCUT2D eigenvalue weighted by Gasteiger charge is -2.24. The van der Waals surface area contributed by atoms with Gasteiger partial charge in [-0.05, 0) is 24.3 Å². The van der Waals surface area contributed by atoms with Crippen molar-refractivity contribution in [3.63, 3.8) is 0 Å². The van der Waals surface area contributed by atoms with E-state index in [4.69, 9.17) is 32.7 Å². The molecule has 2 aromatic carbocycles. The predicted molar refractivity (Wildman–Crippen MR) is 107 cm³/mol. The van der Waals surface area contributed by atoms with Crippen molar-refractivity contribution >= 4 is 50.5 Å². The monoisotopic (exact) mass is 432 g/mol. The van der Waals surface area contributed by atoms with E-state index in [0.29, 0.717) is 5.75 Å². The fourth-order valence-electron chi connectivity index (χ4n) is 2.30. The van der Waals surface area contributed by atoms with Crippen LogP contribution >= 0.6 is 23.2 Å². The number of anilines is 2. The summed E-state index contributed by atoms with van der Waals surface area (Å²) < 4.78 is 35.9. The van der Waals surface area contributed by atoms with E-state index in [1.807, 2.05) is 0 Å². The summed E-state index contributed by atoms with van der Waals surface area (Å²) in [5.41, 5.74) is 0.372. The summed E-state index contributed by atoms with van der Waals surface area (Å²) in [5, 5.41) is 3.01. The molecule has 0 fully saturated rings. The zero-order valence-electron chi connectivity index (χ0n) is 14.8. The number of benzene rings is 2. The summed E-state index contributed by atoms with van der Waals surface area (Å²) in [6.07, 6.45) is 0.988. The number of carbonyl (C=O) groups excluding carboxylic acids is 1. The number of carbonyl (C=O) groups is 1. The van der Waals surface area contributed by atoms with Gasteiger partial charge in [-0.1, -0.05) is 29.3 Å². The fourth-order valence-corrected chi connectivity index (χ4v) is 3.64. The maximum Gasteiger partial charge on any atom is 0.245 e. The van der Waals surface area contributed by atoms with Crippen LogP contribution in [-0.2, 0) is 14.8 Å². The Hall–Kier alpha value is -2.16. The van der Waals surface area contributed by atoms with Gasteiger partial charge in [0.25, 0.3) is 0 Å². The van der Waals surface area contributed by atoms with Crippen molar-refractivity contribution in [2.24, 2.45) is 0 Å². The van der Waals surface area contributed by atoms with Crippen LogP contribution in [0.4, 0.5) is 11.4 Å². The molecule has 0 radical (unpaired) electrons. The molecule has 7 nitrogen and oxygen atoms in total. The number of nitrogens with zero attached hydrogens (tertiary/aromatic N) is 1. The molecule has 0 spiro atoms. The average molecular weight is 433 g/mol. The molecule has 0 atom stereocenters. The number of para-hydroxylation sites is 1. The standard InChI is InChI=1S/C17H18Cl2N2O5S/c1-25-11-7-8-15(26-2)14(9-11)21(27(3,23)24)10-16(22)20-17-12(18)5-4-6-13(17)19/h4-9H,10H2,1-3H3,(H,20,22). The molecule has 0 aliphatic rings. The minimum absolute atomic E-state index is 0.166. The van der Waals surface area contributed by atoms with Crippen LogP contribution in [0.5, 0.6) is 11.5 Å². The second kappa shape index (κ2) is 8.69. The number of rotatable bonds is 7. The zero-order valence-corrected chi connectivity index (χ0v) is 17.2. The summed E-state index contributed by atoms with van der Waals surface area (Å²) in [4.78, 5) is 12.5. The van der Waals surface area contributed by atoms with Gasteiger partial charge in [0, 0.05) is 6.07 Å². The summed E-state index contributed by atoms with van der Waals surface area (Å²) in [7, 11) is -0.967. The molecule has 1 N–H and O–H groups in total. The zero-order chi connectivity index (χ0) is 20.2. The molecule has 0 bridgehead atoms. The maximum absolute atomic E-state index is 12.5. The van der Waals surface area contributed by atoms with E-state index in [-0.39, 0.29) is 27.2 Å². The third-order valence-corrected chi connectivity index (χ3v) is 5.33. The minimum Gasteiger partial charge on any atom is -0.497 e. The number of nitrogens with one attached hydrogen (secondary N) is 1. The first-order valence-corrected chi connectivity index (χ1v) is 10.2. The van der Waals surface area contributed by atoms with Crippen LogP contribution in [-0.4, -0.2) is 41.3 Å². The van der Waals surface area contributed by atoms with Gasteiger partial charge < -0.3 is 14.8 Å². The smallest absolute Gasteiger partial charge is 0.245 e. The third-order valence-electron chi connectivity index (χ3n) is 3.57. The molecule has 2 aromatic rings. The second-order valence-electron chi connectivity index (χ2n) is 5.45. The number of sulfonamides is 1.